The molecule has 0 atom stereocenters. The number of aryl methyl sites for hydroxylation is 1. The van der Waals surface area contributed by atoms with Crippen LogP contribution in [-0.4, -0.2) is 17.1 Å². The lowest BCUT2D eigenvalue weighted by Crippen LogP contribution is -2.04. The Morgan fingerprint density at radius 1 is 1.12 bits per heavy atom. The first-order valence-corrected chi connectivity index (χ1v) is 8.60. The molecule has 3 aromatic rings. The molecule has 25 heavy (non-hydrogen) atoms. The number of hydrogen-bond acceptors (Lipinski definition) is 2. The van der Waals surface area contributed by atoms with Crippen LogP contribution in [0.25, 0.3) is 17.0 Å². The second-order valence-electron chi connectivity index (χ2n) is 6.09. The lowest BCUT2D eigenvalue weighted by molar-refractivity contribution is 0.0526. The zero-order valence-electron chi connectivity index (χ0n) is 15.0. The third kappa shape index (κ3) is 3.50. The summed E-state index contributed by atoms with van der Waals surface area (Å²) in [4.78, 5) is 12.0. The molecule has 0 fully saturated rings. The summed E-state index contributed by atoms with van der Waals surface area (Å²) in [5.41, 5.74) is 5.36. The van der Waals surface area contributed by atoms with E-state index in [1.807, 2.05) is 43.3 Å². The van der Waals surface area contributed by atoms with Crippen LogP contribution in [0.1, 0.15) is 34.1 Å². The van der Waals surface area contributed by atoms with E-state index in [0.29, 0.717) is 12.2 Å². The van der Waals surface area contributed by atoms with E-state index >= 15 is 0 Å². The van der Waals surface area contributed by atoms with Crippen molar-refractivity contribution in [3.05, 3.63) is 77.0 Å². The molecule has 1 aromatic heterocycles. The largest absolute Gasteiger partial charge is 0.462 e. The van der Waals surface area contributed by atoms with Gasteiger partial charge in [-0.2, -0.15) is 0 Å². The number of fused-ring (bicyclic) bond motifs is 1. The van der Waals surface area contributed by atoms with Gasteiger partial charge in [0.05, 0.1) is 12.2 Å². The average molecular weight is 333 g/mol. The number of aromatic nitrogens is 1. The van der Waals surface area contributed by atoms with Gasteiger partial charge >= 0.3 is 5.97 Å². The molecular weight excluding hydrogens is 310 g/mol. The maximum Gasteiger partial charge on any atom is 0.338 e. The van der Waals surface area contributed by atoms with E-state index in [-0.39, 0.29) is 5.97 Å². The number of rotatable bonds is 5. The molecule has 0 N–H and O–H groups in total. The molecule has 0 aliphatic carbocycles. The van der Waals surface area contributed by atoms with Crippen molar-refractivity contribution >= 4 is 22.9 Å². The molecular formula is C22H23NO2. The van der Waals surface area contributed by atoms with E-state index in [0.717, 1.165) is 17.4 Å². The highest BCUT2D eigenvalue weighted by atomic mass is 16.5. The number of benzene rings is 2. The standard InChI is InChI=1S/C22H23NO2/c1-4-25-22(24)19-12-13-21-20(15-19)16(2)17(3)23(21)14-8-11-18-9-6-5-7-10-18/h5-13,15H,4,14H2,1-3H3/b11-8+. The SMILES string of the molecule is CCOC(=O)c1ccc2c(c1)c(C)c(C)n2C/C=C/c1ccccc1. The second-order valence-corrected chi connectivity index (χ2v) is 6.09. The highest BCUT2D eigenvalue weighted by Crippen LogP contribution is 2.26. The van der Waals surface area contributed by atoms with Crippen LogP contribution < -0.4 is 0 Å². The first kappa shape index (κ1) is 17.0. The molecule has 0 spiro atoms. The highest BCUT2D eigenvalue weighted by Gasteiger charge is 2.13. The lowest BCUT2D eigenvalue weighted by Gasteiger charge is -2.06. The molecule has 3 nitrogen and oxygen atoms in total. The number of carbonyl (C=O) groups is 1. The van der Waals surface area contributed by atoms with Crippen molar-refractivity contribution in [2.24, 2.45) is 0 Å². The topological polar surface area (TPSA) is 31.2 Å². The van der Waals surface area contributed by atoms with Gasteiger partial charge in [0.2, 0.25) is 0 Å². The molecule has 2 aromatic carbocycles. The van der Waals surface area contributed by atoms with Crippen LogP contribution in [0.5, 0.6) is 0 Å². The van der Waals surface area contributed by atoms with E-state index in [1.165, 1.54) is 16.8 Å². The number of nitrogens with zero attached hydrogens (tertiary/aromatic N) is 1. The number of allylic oxidation sites excluding steroid dienone is 1. The van der Waals surface area contributed by atoms with Crippen molar-refractivity contribution in [3.63, 3.8) is 0 Å². The molecule has 0 radical (unpaired) electrons. The van der Waals surface area contributed by atoms with Crippen LogP contribution in [-0.2, 0) is 11.3 Å². The molecule has 0 unspecified atom stereocenters. The van der Waals surface area contributed by atoms with Gasteiger partial charge in [0.15, 0.2) is 0 Å². The van der Waals surface area contributed by atoms with Gasteiger partial charge in [0.1, 0.15) is 0 Å². The summed E-state index contributed by atoms with van der Waals surface area (Å²) < 4.78 is 7.39. The van der Waals surface area contributed by atoms with Crippen LogP contribution in [0.3, 0.4) is 0 Å². The summed E-state index contributed by atoms with van der Waals surface area (Å²) >= 11 is 0. The van der Waals surface area contributed by atoms with Crippen molar-refractivity contribution in [3.8, 4) is 0 Å². The summed E-state index contributed by atoms with van der Waals surface area (Å²) in [6, 6.07) is 16.1. The van der Waals surface area contributed by atoms with Gasteiger partial charge in [-0.05, 0) is 50.1 Å². The van der Waals surface area contributed by atoms with Gasteiger partial charge < -0.3 is 9.30 Å². The summed E-state index contributed by atoms with van der Waals surface area (Å²) in [5.74, 6) is -0.266. The molecule has 0 amide bonds. The van der Waals surface area contributed by atoms with Gasteiger partial charge in [-0.25, -0.2) is 4.79 Å². The van der Waals surface area contributed by atoms with E-state index in [1.54, 1.807) is 0 Å². The highest BCUT2D eigenvalue weighted by molar-refractivity contribution is 5.96. The van der Waals surface area contributed by atoms with Crippen LogP contribution in [0.4, 0.5) is 0 Å². The maximum absolute atomic E-state index is 12.0. The fraction of sp³-hybridized carbons (Fsp3) is 0.227. The molecule has 3 heteroatoms. The van der Waals surface area contributed by atoms with E-state index < -0.39 is 0 Å². The number of ether oxygens (including phenoxy) is 1. The van der Waals surface area contributed by atoms with Crippen LogP contribution in [0.15, 0.2) is 54.6 Å². The first-order chi connectivity index (χ1) is 12.1. The molecule has 128 valence electrons. The quantitative estimate of drug-likeness (QED) is 0.605. The zero-order chi connectivity index (χ0) is 17.8. The number of carbonyl (C=O) groups excluding carboxylic acids is 1. The minimum Gasteiger partial charge on any atom is -0.462 e. The Balaban J connectivity index is 1.92. The Labute approximate surface area is 148 Å². The molecule has 0 bridgehead atoms. The molecule has 0 aliphatic rings. The van der Waals surface area contributed by atoms with Crippen molar-refractivity contribution in [1.29, 1.82) is 0 Å². The number of hydrogen-bond donors (Lipinski definition) is 0. The van der Waals surface area contributed by atoms with Gasteiger partial charge in [-0.15, -0.1) is 0 Å². The Hall–Kier alpha value is -2.81. The van der Waals surface area contributed by atoms with Crippen molar-refractivity contribution < 1.29 is 9.53 Å². The normalized spacial score (nSPS) is 11.3. The Kier molecular flexibility index (Phi) is 5.03. The van der Waals surface area contributed by atoms with E-state index in [4.69, 9.17) is 4.74 Å². The zero-order valence-corrected chi connectivity index (χ0v) is 15.0. The predicted octanol–water partition coefficient (Wildman–Crippen LogP) is 5.15. The summed E-state index contributed by atoms with van der Waals surface area (Å²) in [6.45, 7) is 7.23. The first-order valence-electron chi connectivity index (χ1n) is 8.60. The predicted molar refractivity (Wildman–Crippen MR) is 103 cm³/mol. The second kappa shape index (κ2) is 7.39. The van der Waals surface area contributed by atoms with Gasteiger partial charge in [0, 0.05) is 23.1 Å². The van der Waals surface area contributed by atoms with E-state index in [9.17, 15) is 4.79 Å². The molecule has 0 aliphatic heterocycles. The van der Waals surface area contributed by atoms with Gasteiger partial charge in [0.25, 0.3) is 0 Å². The fourth-order valence-corrected chi connectivity index (χ4v) is 3.08. The molecule has 1 heterocycles. The number of esters is 1. The minimum atomic E-state index is -0.266. The van der Waals surface area contributed by atoms with Gasteiger partial charge in [-0.3, -0.25) is 0 Å². The van der Waals surface area contributed by atoms with Crippen molar-refractivity contribution in [2.45, 2.75) is 27.3 Å². The summed E-state index contributed by atoms with van der Waals surface area (Å²) in [7, 11) is 0. The van der Waals surface area contributed by atoms with Crippen LogP contribution in [0, 0.1) is 13.8 Å². The van der Waals surface area contributed by atoms with Crippen LogP contribution >= 0.6 is 0 Å². The smallest absolute Gasteiger partial charge is 0.338 e. The monoisotopic (exact) mass is 333 g/mol. The Morgan fingerprint density at radius 2 is 1.88 bits per heavy atom. The minimum absolute atomic E-state index is 0.266. The summed E-state index contributed by atoms with van der Waals surface area (Å²) in [6.07, 6.45) is 4.30. The maximum atomic E-state index is 12.0. The van der Waals surface area contributed by atoms with Gasteiger partial charge in [-0.1, -0.05) is 42.5 Å². The van der Waals surface area contributed by atoms with Crippen molar-refractivity contribution in [1.82, 2.24) is 4.57 Å². The Morgan fingerprint density at radius 3 is 2.60 bits per heavy atom. The van der Waals surface area contributed by atoms with E-state index in [2.05, 4.69) is 42.7 Å². The molecule has 0 saturated heterocycles. The summed E-state index contributed by atoms with van der Waals surface area (Å²) in [5, 5.41) is 1.11. The van der Waals surface area contributed by atoms with Crippen molar-refractivity contribution in [2.75, 3.05) is 6.61 Å². The lowest BCUT2D eigenvalue weighted by atomic mass is 10.1. The third-order valence-corrected chi connectivity index (χ3v) is 4.55. The average Bonchev–Trinajstić information content (AvgIpc) is 2.87. The fourth-order valence-electron chi connectivity index (χ4n) is 3.08. The van der Waals surface area contributed by atoms with Crippen LogP contribution in [0.2, 0.25) is 0 Å². The molecule has 3 rings (SSSR count). The Bertz CT molecular complexity index is 920. The third-order valence-electron chi connectivity index (χ3n) is 4.55. The molecule has 0 saturated carbocycles.